The van der Waals surface area contributed by atoms with E-state index in [0.717, 1.165) is 39.1 Å². The second-order valence-corrected chi connectivity index (χ2v) is 5.60. The lowest BCUT2D eigenvalue weighted by atomic mass is 10.1. The van der Waals surface area contributed by atoms with Gasteiger partial charge in [-0.3, -0.25) is 4.79 Å². The van der Waals surface area contributed by atoms with Gasteiger partial charge < -0.3 is 26.6 Å². The van der Waals surface area contributed by atoms with Crippen molar-refractivity contribution in [2.45, 2.75) is 6.42 Å². The maximum absolute atomic E-state index is 12.0. The van der Waals surface area contributed by atoms with E-state index in [4.69, 9.17) is 11.5 Å². The fourth-order valence-electron chi connectivity index (χ4n) is 2.39. The topological polar surface area (TPSA) is 87.6 Å². The molecule has 0 unspecified atom stereocenters. The van der Waals surface area contributed by atoms with E-state index in [0.29, 0.717) is 23.5 Å². The molecule has 2 rings (SSSR count). The van der Waals surface area contributed by atoms with E-state index in [1.807, 2.05) is 0 Å². The number of carbonyl (C=O) groups is 1. The predicted octanol–water partition coefficient (Wildman–Crippen LogP) is 0.218. The second-order valence-electron chi connectivity index (χ2n) is 5.60. The van der Waals surface area contributed by atoms with Crippen molar-refractivity contribution in [1.82, 2.24) is 15.1 Å². The number of nitrogens with one attached hydrogen (secondary N) is 1. The minimum absolute atomic E-state index is 0.0972. The lowest BCUT2D eigenvalue weighted by Gasteiger charge is -2.32. The number of carbonyl (C=O) groups excluding carboxylic acids is 1. The number of rotatable bonds is 5. The number of nitrogens with zero attached hydrogens (tertiary/aromatic N) is 2. The molecule has 5 N–H and O–H groups in total. The SMILES string of the molecule is CN1CCN(CCCNC(=O)c2ccc(N)c(N)c2)CC1. The molecular formula is C15H25N5O. The Bertz CT molecular complexity index is 483. The minimum Gasteiger partial charge on any atom is -0.397 e. The zero-order valence-electron chi connectivity index (χ0n) is 12.6. The lowest BCUT2D eigenvalue weighted by molar-refractivity contribution is 0.0949. The van der Waals surface area contributed by atoms with Crippen LogP contribution >= 0.6 is 0 Å². The molecule has 1 fully saturated rings. The van der Waals surface area contributed by atoms with Crippen molar-refractivity contribution in [3.8, 4) is 0 Å². The average Bonchev–Trinajstić information content (AvgIpc) is 2.48. The molecule has 0 bridgehead atoms. The van der Waals surface area contributed by atoms with Crippen molar-refractivity contribution in [3.05, 3.63) is 23.8 Å². The highest BCUT2D eigenvalue weighted by Crippen LogP contribution is 2.15. The van der Waals surface area contributed by atoms with Crippen LogP contribution in [0.25, 0.3) is 0 Å². The van der Waals surface area contributed by atoms with E-state index >= 15 is 0 Å². The molecule has 1 aromatic rings. The van der Waals surface area contributed by atoms with E-state index in [-0.39, 0.29) is 5.91 Å². The molecule has 116 valence electrons. The van der Waals surface area contributed by atoms with E-state index in [1.165, 1.54) is 0 Å². The average molecular weight is 291 g/mol. The van der Waals surface area contributed by atoms with Crippen molar-refractivity contribution in [1.29, 1.82) is 0 Å². The zero-order valence-corrected chi connectivity index (χ0v) is 12.6. The summed E-state index contributed by atoms with van der Waals surface area (Å²) >= 11 is 0. The van der Waals surface area contributed by atoms with E-state index in [1.54, 1.807) is 18.2 Å². The fourth-order valence-corrected chi connectivity index (χ4v) is 2.39. The normalized spacial score (nSPS) is 16.8. The monoisotopic (exact) mass is 291 g/mol. The Morgan fingerprint density at radius 2 is 1.90 bits per heavy atom. The Morgan fingerprint density at radius 1 is 1.19 bits per heavy atom. The zero-order chi connectivity index (χ0) is 15.2. The highest BCUT2D eigenvalue weighted by atomic mass is 16.1. The molecule has 0 aliphatic carbocycles. The smallest absolute Gasteiger partial charge is 0.251 e. The third kappa shape index (κ3) is 4.61. The first kappa shape index (κ1) is 15.6. The van der Waals surface area contributed by atoms with Crippen LogP contribution in [-0.2, 0) is 0 Å². The summed E-state index contributed by atoms with van der Waals surface area (Å²) in [6.45, 7) is 6.17. The Hall–Kier alpha value is -1.79. The van der Waals surface area contributed by atoms with Gasteiger partial charge in [-0.15, -0.1) is 0 Å². The molecule has 1 aliphatic rings. The summed E-state index contributed by atoms with van der Waals surface area (Å²) in [6, 6.07) is 4.97. The largest absolute Gasteiger partial charge is 0.397 e. The van der Waals surface area contributed by atoms with Crippen molar-refractivity contribution in [3.63, 3.8) is 0 Å². The van der Waals surface area contributed by atoms with Crippen molar-refractivity contribution in [2.75, 3.05) is 57.8 Å². The van der Waals surface area contributed by atoms with Gasteiger partial charge in [0.1, 0.15) is 0 Å². The first-order valence-corrected chi connectivity index (χ1v) is 7.40. The van der Waals surface area contributed by atoms with Gasteiger partial charge in [0.2, 0.25) is 0 Å². The third-order valence-electron chi connectivity index (χ3n) is 3.88. The van der Waals surface area contributed by atoms with Crippen LogP contribution in [0.5, 0.6) is 0 Å². The van der Waals surface area contributed by atoms with Gasteiger partial charge >= 0.3 is 0 Å². The fraction of sp³-hybridized carbons (Fsp3) is 0.533. The molecule has 0 radical (unpaired) electrons. The number of nitrogen functional groups attached to an aromatic ring is 2. The third-order valence-corrected chi connectivity index (χ3v) is 3.88. The standard InChI is InChI=1S/C15H25N5O/c1-19-7-9-20(10-8-19)6-2-5-18-15(21)12-3-4-13(16)14(17)11-12/h3-4,11H,2,5-10,16-17H2,1H3,(H,18,21). The number of anilines is 2. The van der Waals surface area contributed by atoms with Gasteiger partial charge in [0, 0.05) is 38.3 Å². The number of likely N-dealkylation sites (N-methyl/N-ethyl adjacent to an activating group) is 1. The Balaban J connectivity index is 1.68. The molecule has 1 amide bonds. The van der Waals surface area contributed by atoms with Gasteiger partial charge in [0.05, 0.1) is 11.4 Å². The van der Waals surface area contributed by atoms with E-state index in [2.05, 4.69) is 22.2 Å². The molecule has 1 heterocycles. The summed E-state index contributed by atoms with van der Waals surface area (Å²) in [5.41, 5.74) is 12.8. The van der Waals surface area contributed by atoms with Crippen LogP contribution < -0.4 is 16.8 Å². The molecule has 0 aromatic heterocycles. The van der Waals surface area contributed by atoms with Crippen LogP contribution in [-0.4, -0.2) is 62.0 Å². The second kappa shape index (κ2) is 7.28. The summed E-state index contributed by atoms with van der Waals surface area (Å²) in [7, 11) is 2.15. The summed E-state index contributed by atoms with van der Waals surface area (Å²) in [6.07, 6.45) is 0.958. The van der Waals surface area contributed by atoms with Gasteiger partial charge in [-0.05, 0) is 38.2 Å². The lowest BCUT2D eigenvalue weighted by Crippen LogP contribution is -2.45. The summed E-state index contributed by atoms with van der Waals surface area (Å²) < 4.78 is 0. The van der Waals surface area contributed by atoms with E-state index < -0.39 is 0 Å². The molecule has 21 heavy (non-hydrogen) atoms. The summed E-state index contributed by atoms with van der Waals surface area (Å²) in [5.74, 6) is -0.0972. The Morgan fingerprint density at radius 3 is 2.57 bits per heavy atom. The molecule has 0 atom stereocenters. The molecule has 1 aromatic carbocycles. The summed E-state index contributed by atoms with van der Waals surface area (Å²) in [4.78, 5) is 16.7. The number of hydrogen-bond donors (Lipinski definition) is 3. The molecule has 6 heteroatoms. The Kier molecular flexibility index (Phi) is 5.41. The number of amides is 1. The van der Waals surface area contributed by atoms with Crippen molar-refractivity contribution in [2.24, 2.45) is 0 Å². The maximum atomic E-state index is 12.0. The van der Waals surface area contributed by atoms with Crippen LogP contribution in [0.1, 0.15) is 16.8 Å². The van der Waals surface area contributed by atoms with Crippen molar-refractivity contribution >= 4 is 17.3 Å². The molecule has 0 saturated carbocycles. The van der Waals surface area contributed by atoms with Crippen molar-refractivity contribution < 1.29 is 4.79 Å². The number of hydrogen-bond acceptors (Lipinski definition) is 5. The predicted molar refractivity (Wildman–Crippen MR) is 86.2 cm³/mol. The van der Waals surface area contributed by atoms with Gasteiger partial charge in [0.15, 0.2) is 0 Å². The molecule has 1 saturated heterocycles. The highest BCUT2D eigenvalue weighted by Gasteiger charge is 2.13. The summed E-state index contributed by atoms with van der Waals surface area (Å²) in [5, 5.41) is 2.92. The number of benzene rings is 1. The van der Waals surface area contributed by atoms with Gasteiger partial charge in [-0.1, -0.05) is 0 Å². The first-order valence-electron chi connectivity index (χ1n) is 7.40. The van der Waals surface area contributed by atoms with Crippen LogP contribution in [0.3, 0.4) is 0 Å². The molecular weight excluding hydrogens is 266 g/mol. The molecule has 6 nitrogen and oxygen atoms in total. The highest BCUT2D eigenvalue weighted by molar-refractivity contribution is 5.95. The van der Waals surface area contributed by atoms with Gasteiger partial charge in [-0.2, -0.15) is 0 Å². The first-order chi connectivity index (χ1) is 10.1. The maximum Gasteiger partial charge on any atom is 0.251 e. The van der Waals surface area contributed by atoms with Gasteiger partial charge in [-0.25, -0.2) is 0 Å². The quantitative estimate of drug-likeness (QED) is 0.533. The van der Waals surface area contributed by atoms with Crippen LogP contribution in [0.2, 0.25) is 0 Å². The van der Waals surface area contributed by atoms with Crippen LogP contribution in [0.15, 0.2) is 18.2 Å². The Labute approximate surface area is 126 Å². The number of piperazine rings is 1. The molecule has 0 spiro atoms. The number of nitrogens with two attached hydrogens (primary N) is 2. The van der Waals surface area contributed by atoms with Crippen LogP contribution in [0, 0.1) is 0 Å². The van der Waals surface area contributed by atoms with Gasteiger partial charge in [0.25, 0.3) is 5.91 Å². The van der Waals surface area contributed by atoms with Crippen LogP contribution in [0.4, 0.5) is 11.4 Å². The van der Waals surface area contributed by atoms with E-state index in [9.17, 15) is 4.79 Å². The molecule has 1 aliphatic heterocycles. The minimum atomic E-state index is -0.0972.